The van der Waals surface area contributed by atoms with Crippen LogP contribution in [-0.2, 0) is 11.2 Å². The SMILES string of the molecule is COc1ccc(C(=O)C(Cc2cccs2)=C(C(=O)O)c2ccc3nsnc3c2)cc1Cl. The molecule has 31 heavy (non-hydrogen) atoms. The number of carbonyl (C=O) groups is 2. The van der Waals surface area contributed by atoms with Crippen molar-refractivity contribution in [1.29, 1.82) is 0 Å². The molecule has 0 fully saturated rings. The summed E-state index contributed by atoms with van der Waals surface area (Å²) in [6.45, 7) is 0. The Morgan fingerprint density at radius 2 is 1.84 bits per heavy atom. The maximum absolute atomic E-state index is 13.5. The Labute approximate surface area is 190 Å². The predicted molar refractivity (Wildman–Crippen MR) is 122 cm³/mol. The summed E-state index contributed by atoms with van der Waals surface area (Å²) in [7, 11) is 1.48. The van der Waals surface area contributed by atoms with Crippen molar-refractivity contribution < 1.29 is 19.4 Å². The summed E-state index contributed by atoms with van der Waals surface area (Å²) >= 11 is 8.71. The highest BCUT2D eigenvalue weighted by Crippen LogP contribution is 2.31. The molecule has 0 aliphatic carbocycles. The van der Waals surface area contributed by atoms with E-state index in [0.717, 1.165) is 16.6 Å². The molecule has 0 aliphatic heterocycles. The Morgan fingerprint density at radius 3 is 2.52 bits per heavy atom. The van der Waals surface area contributed by atoms with Gasteiger partial charge in [0.15, 0.2) is 5.78 Å². The van der Waals surface area contributed by atoms with Gasteiger partial charge in [0.1, 0.15) is 16.8 Å². The second-order valence-electron chi connectivity index (χ2n) is 6.56. The zero-order valence-electron chi connectivity index (χ0n) is 16.2. The summed E-state index contributed by atoms with van der Waals surface area (Å²) in [4.78, 5) is 26.7. The first kappa shape index (κ1) is 21.2. The van der Waals surface area contributed by atoms with Gasteiger partial charge in [0.05, 0.1) is 29.4 Å². The van der Waals surface area contributed by atoms with Gasteiger partial charge in [-0.15, -0.1) is 11.3 Å². The third kappa shape index (κ3) is 4.36. The third-order valence-corrected chi connectivity index (χ3v) is 6.41. The molecule has 4 aromatic rings. The highest BCUT2D eigenvalue weighted by molar-refractivity contribution is 7.09. The predicted octanol–water partition coefficient (Wildman–Crippen LogP) is 5.38. The van der Waals surface area contributed by atoms with Crippen LogP contribution in [0.25, 0.3) is 16.6 Å². The fraction of sp³-hybridized carbons (Fsp3) is 0.0909. The van der Waals surface area contributed by atoms with Crippen LogP contribution in [0.3, 0.4) is 0 Å². The van der Waals surface area contributed by atoms with E-state index in [4.69, 9.17) is 16.3 Å². The van der Waals surface area contributed by atoms with Gasteiger partial charge in [0.2, 0.25) is 0 Å². The van der Waals surface area contributed by atoms with Crippen LogP contribution >= 0.6 is 34.7 Å². The first-order chi connectivity index (χ1) is 15.0. The van der Waals surface area contributed by atoms with Crippen LogP contribution in [0.1, 0.15) is 20.8 Å². The van der Waals surface area contributed by atoms with Crippen LogP contribution in [0.15, 0.2) is 59.5 Å². The molecule has 1 N–H and O–H groups in total. The number of aromatic nitrogens is 2. The van der Waals surface area contributed by atoms with Crippen molar-refractivity contribution in [1.82, 2.24) is 8.75 Å². The van der Waals surface area contributed by atoms with E-state index in [1.807, 2.05) is 17.5 Å². The molecule has 6 nitrogen and oxygen atoms in total. The average Bonchev–Trinajstić information content (AvgIpc) is 3.44. The molecule has 0 bridgehead atoms. The maximum Gasteiger partial charge on any atom is 0.336 e. The van der Waals surface area contributed by atoms with Crippen LogP contribution in [0, 0.1) is 0 Å². The number of benzene rings is 2. The van der Waals surface area contributed by atoms with Gasteiger partial charge in [-0.3, -0.25) is 4.79 Å². The van der Waals surface area contributed by atoms with Crippen LogP contribution in [0.2, 0.25) is 5.02 Å². The maximum atomic E-state index is 13.5. The second-order valence-corrected chi connectivity index (χ2v) is 8.53. The Kier molecular flexibility index (Phi) is 6.13. The Morgan fingerprint density at radius 1 is 1.06 bits per heavy atom. The molecule has 0 unspecified atom stereocenters. The number of carboxylic acids is 1. The molecule has 0 amide bonds. The number of carbonyl (C=O) groups excluding carboxylic acids is 1. The molecular formula is C22H15ClN2O4S2. The van der Waals surface area contributed by atoms with Crippen molar-refractivity contribution in [3.8, 4) is 5.75 Å². The smallest absolute Gasteiger partial charge is 0.336 e. The van der Waals surface area contributed by atoms with E-state index in [1.165, 1.54) is 24.5 Å². The van der Waals surface area contributed by atoms with Gasteiger partial charge in [-0.25, -0.2) is 4.79 Å². The molecule has 156 valence electrons. The Bertz CT molecular complexity index is 1310. The summed E-state index contributed by atoms with van der Waals surface area (Å²) in [5.74, 6) is -1.17. The molecular weight excluding hydrogens is 456 g/mol. The number of hydrogen-bond acceptors (Lipinski definition) is 7. The minimum Gasteiger partial charge on any atom is -0.495 e. The number of carboxylic acid groups (broad SMARTS) is 1. The standard InChI is InChI=1S/C22H15ClN2O4S2/c1-29-19-7-5-13(9-16(19)23)21(26)15(11-14-3-2-8-30-14)20(22(27)28)12-4-6-17-18(10-12)25-31-24-17/h2-10H,11H2,1H3,(H,27,28). The number of hydrogen-bond donors (Lipinski definition) is 1. The monoisotopic (exact) mass is 470 g/mol. The lowest BCUT2D eigenvalue weighted by Crippen LogP contribution is -2.14. The molecule has 9 heteroatoms. The van der Waals surface area contributed by atoms with Crippen LogP contribution < -0.4 is 4.74 Å². The average molecular weight is 471 g/mol. The van der Waals surface area contributed by atoms with Crippen molar-refractivity contribution in [2.75, 3.05) is 7.11 Å². The van der Waals surface area contributed by atoms with Gasteiger partial charge < -0.3 is 9.84 Å². The number of Topliss-reactive ketones (excluding diaryl/α,β-unsaturated/α-hetero) is 1. The van der Waals surface area contributed by atoms with Crippen LogP contribution in [0.4, 0.5) is 0 Å². The van der Waals surface area contributed by atoms with E-state index in [9.17, 15) is 14.7 Å². The van der Waals surface area contributed by atoms with Gasteiger partial charge >= 0.3 is 5.97 Å². The molecule has 2 heterocycles. The van der Waals surface area contributed by atoms with E-state index in [-0.39, 0.29) is 28.2 Å². The number of methoxy groups -OCH3 is 1. The van der Waals surface area contributed by atoms with Crippen LogP contribution in [0.5, 0.6) is 5.75 Å². The number of ether oxygens (including phenoxy) is 1. The quantitative estimate of drug-likeness (QED) is 0.288. The lowest BCUT2D eigenvalue weighted by molar-refractivity contribution is -0.130. The fourth-order valence-corrected chi connectivity index (χ4v) is 4.71. The number of thiophene rings is 1. The number of nitrogens with zero attached hydrogens (tertiary/aromatic N) is 2. The zero-order valence-corrected chi connectivity index (χ0v) is 18.6. The molecule has 4 rings (SSSR count). The summed E-state index contributed by atoms with van der Waals surface area (Å²) in [6.07, 6.45) is 0.176. The minimum atomic E-state index is -1.19. The number of rotatable bonds is 7. The summed E-state index contributed by atoms with van der Waals surface area (Å²) in [6, 6.07) is 13.4. The first-order valence-electron chi connectivity index (χ1n) is 9.07. The van der Waals surface area contributed by atoms with Crippen molar-refractivity contribution in [3.05, 3.63) is 80.5 Å². The van der Waals surface area contributed by atoms with E-state index < -0.39 is 11.8 Å². The highest BCUT2D eigenvalue weighted by Gasteiger charge is 2.25. The fourth-order valence-electron chi connectivity index (χ4n) is 3.22. The van der Waals surface area contributed by atoms with Gasteiger partial charge in [0, 0.05) is 22.4 Å². The topological polar surface area (TPSA) is 89.4 Å². The molecule has 0 radical (unpaired) electrons. The van der Waals surface area contributed by atoms with E-state index in [1.54, 1.807) is 30.3 Å². The molecule has 0 atom stereocenters. The molecule has 2 aromatic heterocycles. The summed E-state index contributed by atoms with van der Waals surface area (Å²) in [5.41, 5.74) is 2.03. The molecule has 2 aromatic carbocycles. The van der Waals surface area contributed by atoms with E-state index in [2.05, 4.69) is 8.75 Å². The van der Waals surface area contributed by atoms with Crippen molar-refractivity contribution >= 4 is 63.0 Å². The largest absolute Gasteiger partial charge is 0.495 e. The van der Waals surface area contributed by atoms with Crippen molar-refractivity contribution in [2.45, 2.75) is 6.42 Å². The number of ketones is 1. The molecule has 0 saturated carbocycles. The van der Waals surface area contributed by atoms with Crippen molar-refractivity contribution in [3.63, 3.8) is 0 Å². The molecule has 0 aliphatic rings. The number of aliphatic carboxylic acids is 1. The normalized spacial score (nSPS) is 11.9. The second kappa shape index (κ2) is 8.97. The van der Waals surface area contributed by atoms with Gasteiger partial charge in [-0.05, 0) is 47.3 Å². The highest BCUT2D eigenvalue weighted by atomic mass is 35.5. The Balaban J connectivity index is 1.90. The third-order valence-electron chi connectivity index (χ3n) is 4.68. The number of allylic oxidation sites excluding steroid dienone is 1. The molecule has 0 spiro atoms. The number of fused-ring (bicyclic) bond motifs is 1. The van der Waals surface area contributed by atoms with Crippen molar-refractivity contribution in [2.24, 2.45) is 0 Å². The lowest BCUT2D eigenvalue weighted by Gasteiger charge is -2.13. The minimum absolute atomic E-state index is 0.0692. The lowest BCUT2D eigenvalue weighted by atomic mass is 9.91. The number of halogens is 1. The Hall–Kier alpha value is -3.07. The molecule has 0 saturated heterocycles. The van der Waals surface area contributed by atoms with Gasteiger partial charge in [-0.2, -0.15) is 8.75 Å². The van der Waals surface area contributed by atoms with E-state index >= 15 is 0 Å². The van der Waals surface area contributed by atoms with Crippen LogP contribution in [-0.4, -0.2) is 32.7 Å². The summed E-state index contributed by atoms with van der Waals surface area (Å²) < 4.78 is 13.5. The van der Waals surface area contributed by atoms with Gasteiger partial charge in [0.25, 0.3) is 0 Å². The first-order valence-corrected chi connectivity index (χ1v) is 11.1. The van der Waals surface area contributed by atoms with Gasteiger partial charge in [-0.1, -0.05) is 23.7 Å². The van der Waals surface area contributed by atoms with E-state index in [0.29, 0.717) is 22.3 Å². The zero-order chi connectivity index (χ0) is 22.0. The summed E-state index contributed by atoms with van der Waals surface area (Å²) in [5, 5.41) is 12.3.